The highest BCUT2D eigenvalue weighted by Gasteiger charge is 2.28. The molecule has 17 heavy (non-hydrogen) atoms. The zero-order chi connectivity index (χ0) is 12.4. The summed E-state index contributed by atoms with van der Waals surface area (Å²) in [5, 5.41) is 0.649. The maximum Gasteiger partial charge on any atom is 0.253 e. The first-order chi connectivity index (χ1) is 8.08. The second-order valence-electron chi connectivity index (χ2n) is 4.67. The van der Waals surface area contributed by atoms with Crippen LogP contribution in [0.25, 0.3) is 0 Å². The fourth-order valence-electron chi connectivity index (χ4n) is 2.18. The lowest BCUT2D eigenvalue weighted by molar-refractivity contribution is 0.0786. The van der Waals surface area contributed by atoms with Gasteiger partial charge in [0.1, 0.15) is 0 Å². The molecule has 2 unspecified atom stereocenters. The highest BCUT2D eigenvalue weighted by molar-refractivity contribution is 6.30. The van der Waals surface area contributed by atoms with E-state index in [1.807, 2.05) is 11.8 Å². The van der Waals surface area contributed by atoms with Crippen LogP contribution in [0, 0.1) is 5.92 Å². The predicted octanol–water partition coefficient (Wildman–Crippen LogP) is 2.15. The van der Waals surface area contributed by atoms with E-state index in [1.165, 1.54) is 0 Å². The smallest absolute Gasteiger partial charge is 0.253 e. The third-order valence-corrected chi connectivity index (χ3v) is 3.60. The Labute approximate surface area is 107 Å². The van der Waals surface area contributed by atoms with E-state index in [9.17, 15) is 4.79 Å². The fraction of sp³-hybridized carbons (Fsp3) is 0.462. The summed E-state index contributed by atoms with van der Waals surface area (Å²) >= 11 is 5.80. The molecule has 2 atom stereocenters. The van der Waals surface area contributed by atoms with Gasteiger partial charge in [0.15, 0.2) is 0 Å². The Morgan fingerprint density at radius 1 is 1.47 bits per heavy atom. The number of rotatable bonds is 2. The molecule has 0 spiro atoms. The Hall–Kier alpha value is -1.06. The quantitative estimate of drug-likeness (QED) is 0.877. The Morgan fingerprint density at radius 2 is 2.12 bits per heavy atom. The van der Waals surface area contributed by atoms with Crippen molar-refractivity contribution in [3.63, 3.8) is 0 Å². The SMILES string of the molecule is CC(N)C1CCN(C(=O)c2ccc(Cl)cc2)C1. The van der Waals surface area contributed by atoms with Crippen LogP contribution in [0.1, 0.15) is 23.7 Å². The van der Waals surface area contributed by atoms with E-state index in [0.717, 1.165) is 19.5 Å². The van der Waals surface area contributed by atoms with Crippen molar-refractivity contribution in [2.75, 3.05) is 13.1 Å². The summed E-state index contributed by atoms with van der Waals surface area (Å²) in [5.74, 6) is 0.496. The molecule has 0 bridgehead atoms. The van der Waals surface area contributed by atoms with Gasteiger partial charge in [-0.15, -0.1) is 0 Å². The molecular formula is C13H17ClN2O. The second kappa shape index (κ2) is 5.07. The third kappa shape index (κ3) is 2.79. The lowest BCUT2D eigenvalue weighted by Gasteiger charge is -2.18. The number of nitrogens with two attached hydrogens (primary N) is 1. The Kier molecular flexibility index (Phi) is 3.69. The Morgan fingerprint density at radius 3 is 2.65 bits per heavy atom. The van der Waals surface area contributed by atoms with E-state index < -0.39 is 0 Å². The number of hydrogen-bond donors (Lipinski definition) is 1. The van der Waals surface area contributed by atoms with E-state index >= 15 is 0 Å². The van der Waals surface area contributed by atoms with Gasteiger partial charge in [-0.3, -0.25) is 4.79 Å². The maximum atomic E-state index is 12.2. The number of likely N-dealkylation sites (tertiary alicyclic amines) is 1. The van der Waals surface area contributed by atoms with Crippen molar-refractivity contribution in [2.45, 2.75) is 19.4 Å². The summed E-state index contributed by atoms with van der Waals surface area (Å²) in [6.07, 6.45) is 0.997. The van der Waals surface area contributed by atoms with Gasteiger partial charge in [0, 0.05) is 29.7 Å². The molecule has 0 aliphatic carbocycles. The molecule has 1 aromatic rings. The zero-order valence-corrected chi connectivity index (χ0v) is 10.7. The number of nitrogens with zero attached hydrogens (tertiary/aromatic N) is 1. The summed E-state index contributed by atoms with van der Waals surface area (Å²) < 4.78 is 0. The van der Waals surface area contributed by atoms with Crippen LogP contribution in [0.2, 0.25) is 5.02 Å². The molecule has 2 rings (SSSR count). The summed E-state index contributed by atoms with van der Waals surface area (Å²) in [6, 6.07) is 7.17. The van der Waals surface area contributed by atoms with Crippen molar-refractivity contribution < 1.29 is 4.79 Å². The van der Waals surface area contributed by atoms with Gasteiger partial charge in [-0.05, 0) is 43.5 Å². The van der Waals surface area contributed by atoms with Gasteiger partial charge >= 0.3 is 0 Å². The van der Waals surface area contributed by atoms with Crippen LogP contribution >= 0.6 is 11.6 Å². The molecule has 1 heterocycles. The van der Waals surface area contributed by atoms with Gasteiger partial charge < -0.3 is 10.6 Å². The van der Waals surface area contributed by atoms with Crippen LogP contribution in [0.3, 0.4) is 0 Å². The first-order valence-corrected chi connectivity index (χ1v) is 6.26. The lowest BCUT2D eigenvalue weighted by Crippen LogP contribution is -2.32. The molecule has 1 aliphatic heterocycles. The Bertz CT molecular complexity index is 402. The van der Waals surface area contributed by atoms with Crippen LogP contribution < -0.4 is 5.73 Å². The van der Waals surface area contributed by atoms with E-state index in [1.54, 1.807) is 24.3 Å². The van der Waals surface area contributed by atoms with Crippen LogP contribution in [-0.4, -0.2) is 29.9 Å². The van der Waals surface area contributed by atoms with Crippen molar-refractivity contribution in [3.8, 4) is 0 Å². The third-order valence-electron chi connectivity index (χ3n) is 3.35. The molecule has 1 aromatic carbocycles. The van der Waals surface area contributed by atoms with Crippen molar-refractivity contribution >= 4 is 17.5 Å². The minimum absolute atomic E-state index is 0.0739. The largest absolute Gasteiger partial charge is 0.338 e. The average molecular weight is 253 g/mol. The topological polar surface area (TPSA) is 46.3 Å². The minimum atomic E-state index is 0.0739. The molecule has 1 fully saturated rings. The zero-order valence-electron chi connectivity index (χ0n) is 9.90. The normalized spacial score (nSPS) is 21.6. The average Bonchev–Trinajstić information content (AvgIpc) is 2.78. The number of benzene rings is 1. The number of amides is 1. The summed E-state index contributed by atoms with van der Waals surface area (Å²) in [4.78, 5) is 14.0. The number of carbonyl (C=O) groups excluding carboxylic acids is 1. The van der Waals surface area contributed by atoms with E-state index in [0.29, 0.717) is 16.5 Å². The Balaban J connectivity index is 2.04. The van der Waals surface area contributed by atoms with Crippen molar-refractivity contribution in [1.29, 1.82) is 0 Å². The van der Waals surface area contributed by atoms with Crippen LogP contribution in [0.5, 0.6) is 0 Å². The summed E-state index contributed by atoms with van der Waals surface area (Å²) in [5.41, 5.74) is 6.56. The predicted molar refractivity (Wildman–Crippen MR) is 69.1 cm³/mol. The maximum absolute atomic E-state index is 12.2. The van der Waals surface area contributed by atoms with Gasteiger partial charge in [0.05, 0.1) is 0 Å². The first-order valence-electron chi connectivity index (χ1n) is 5.88. The van der Waals surface area contributed by atoms with E-state index in [4.69, 9.17) is 17.3 Å². The molecule has 2 N–H and O–H groups in total. The van der Waals surface area contributed by atoms with Crippen LogP contribution in [-0.2, 0) is 0 Å². The van der Waals surface area contributed by atoms with Gasteiger partial charge in [0.2, 0.25) is 0 Å². The van der Waals surface area contributed by atoms with Crippen LogP contribution in [0.15, 0.2) is 24.3 Å². The molecule has 92 valence electrons. The molecule has 1 aliphatic rings. The molecule has 1 amide bonds. The summed E-state index contributed by atoms with van der Waals surface area (Å²) in [7, 11) is 0. The molecule has 4 heteroatoms. The van der Waals surface area contributed by atoms with Crippen LogP contribution in [0.4, 0.5) is 0 Å². The molecular weight excluding hydrogens is 236 g/mol. The number of hydrogen-bond acceptors (Lipinski definition) is 2. The van der Waals surface area contributed by atoms with Gasteiger partial charge in [-0.1, -0.05) is 11.6 Å². The van der Waals surface area contributed by atoms with E-state index in [2.05, 4.69) is 0 Å². The van der Waals surface area contributed by atoms with Gasteiger partial charge in [-0.2, -0.15) is 0 Å². The summed E-state index contributed by atoms with van der Waals surface area (Å²) in [6.45, 7) is 3.56. The van der Waals surface area contributed by atoms with Gasteiger partial charge in [0.25, 0.3) is 5.91 Å². The minimum Gasteiger partial charge on any atom is -0.338 e. The highest BCUT2D eigenvalue weighted by Crippen LogP contribution is 2.21. The first kappa shape index (κ1) is 12.4. The molecule has 3 nitrogen and oxygen atoms in total. The number of halogens is 1. The molecule has 0 radical (unpaired) electrons. The molecule has 1 saturated heterocycles. The monoisotopic (exact) mass is 252 g/mol. The van der Waals surface area contributed by atoms with Crippen molar-refractivity contribution in [3.05, 3.63) is 34.9 Å². The standard InChI is InChI=1S/C13H17ClN2O/c1-9(15)11-6-7-16(8-11)13(17)10-2-4-12(14)5-3-10/h2-5,9,11H,6-8,15H2,1H3. The number of carbonyl (C=O) groups is 1. The van der Waals surface area contributed by atoms with Crippen molar-refractivity contribution in [1.82, 2.24) is 4.90 Å². The molecule has 0 aromatic heterocycles. The van der Waals surface area contributed by atoms with E-state index in [-0.39, 0.29) is 11.9 Å². The van der Waals surface area contributed by atoms with Crippen molar-refractivity contribution in [2.24, 2.45) is 11.7 Å². The van der Waals surface area contributed by atoms with Gasteiger partial charge in [-0.25, -0.2) is 0 Å². The second-order valence-corrected chi connectivity index (χ2v) is 5.10. The fourth-order valence-corrected chi connectivity index (χ4v) is 2.30. The lowest BCUT2D eigenvalue weighted by atomic mass is 10.0. The highest BCUT2D eigenvalue weighted by atomic mass is 35.5. The molecule has 0 saturated carbocycles.